The molecule has 0 spiro atoms. The van der Waals surface area contributed by atoms with Crippen LogP contribution in [0, 0.1) is 6.92 Å². The minimum absolute atomic E-state index is 0.0329. The summed E-state index contributed by atoms with van der Waals surface area (Å²) in [6, 6.07) is 42.0. The van der Waals surface area contributed by atoms with Gasteiger partial charge in [0.2, 0.25) is 5.60 Å². The van der Waals surface area contributed by atoms with Gasteiger partial charge in [0.1, 0.15) is 0 Å². The number of nitrogens with zero attached hydrogens (tertiary/aromatic N) is 1. The number of fused-ring (bicyclic) bond motifs is 1. The number of ether oxygens (including phenoxy) is 1. The predicted molar refractivity (Wildman–Crippen MR) is 188 cm³/mol. The fraction of sp³-hybridized carbons (Fsp3) is 0.200. The lowest BCUT2D eigenvalue weighted by molar-refractivity contribution is -0.181. The first-order valence-electron chi connectivity index (χ1n) is 15.8. The Kier molecular flexibility index (Phi) is 9.41. The van der Waals surface area contributed by atoms with Crippen LogP contribution in [0.4, 0.5) is 5.69 Å². The first kappa shape index (κ1) is 32.4. The Labute approximate surface area is 284 Å². The summed E-state index contributed by atoms with van der Waals surface area (Å²) in [5, 5.41) is 15.1. The Morgan fingerprint density at radius 1 is 0.872 bits per heavy atom. The van der Waals surface area contributed by atoms with Crippen molar-refractivity contribution in [2.75, 3.05) is 4.90 Å². The van der Waals surface area contributed by atoms with Gasteiger partial charge in [0.25, 0.3) is 5.91 Å². The van der Waals surface area contributed by atoms with Crippen LogP contribution in [0.15, 0.2) is 138 Å². The molecule has 238 valence electrons. The highest BCUT2D eigenvalue weighted by Crippen LogP contribution is 2.53. The third-order valence-corrected chi connectivity index (χ3v) is 9.71. The van der Waals surface area contributed by atoms with Crippen LogP contribution >= 0.6 is 15.9 Å². The maximum Gasteiger partial charge on any atom is 0.327 e. The molecule has 0 aromatic heterocycles. The molecule has 5 aromatic rings. The molecule has 0 aliphatic carbocycles. The molecule has 2 unspecified atom stereocenters. The number of carboxylic acids is 1. The summed E-state index contributed by atoms with van der Waals surface area (Å²) in [6.45, 7) is 4.07. The van der Waals surface area contributed by atoms with E-state index in [2.05, 4.69) is 21.2 Å². The van der Waals surface area contributed by atoms with Crippen molar-refractivity contribution in [2.24, 2.45) is 0 Å². The fourth-order valence-electron chi connectivity index (χ4n) is 6.71. The molecule has 2 N–H and O–H groups in total. The third kappa shape index (κ3) is 5.91. The molecule has 1 aliphatic rings. The largest absolute Gasteiger partial charge is 0.480 e. The normalized spacial score (nSPS) is 17.0. The quantitative estimate of drug-likeness (QED) is 0.138. The van der Waals surface area contributed by atoms with Crippen molar-refractivity contribution in [3.05, 3.63) is 171 Å². The van der Waals surface area contributed by atoms with E-state index in [1.165, 1.54) is 0 Å². The lowest BCUT2D eigenvalue weighted by Gasteiger charge is -2.46. The van der Waals surface area contributed by atoms with Crippen LogP contribution in [-0.4, -0.2) is 22.5 Å². The van der Waals surface area contributed by atoms with Crippen LogP contribution < -0.4 is 10.2 Å². The Bertz CT molecular complexity index is 1830. The van der Waals surface area contributed by atoms with E-state index in [-0.39, 0.29) is 19.6 Å². The molecule has 7 heteroatoms. The van der Waals surface area contributed by atoms with Crippen LogP contribution in [-0.2, 0) is 33.1 Å². The second-order valence-electron chi connectivity index (χ2n) is 11.9. The maximum atomic E-state index is 15.4. The molecule has 1 amide bonds. The average molecular weight is 690 g/mol. The molecule has 0 saturated carbocycles. The molecule has 1 heterocycles. The van der Waals surface area contributed by atoms with Crippen molar-refractivity contribution in [3.8, 4) is 0 Å². The number of benzene rings is 5. The van der Waals surface area contributed by atoms with E-state index in [1.807, 2.05) is 140 Å². The highest BCUT2D eigenvalue weighted by molar-refractivity contribution is 9.10. The molecule has 6 rings (SSSR count). The zero-order valence-corrected chi connectivity index (χ0v) is 28.0. The van der Waals surface area contributed by atoms with E-state index in [1.54, 1.807) is 11.8 Å². The predicted octanol–water partition coefficient (Wildman–Crippen LogP) is 8.33. The van der Waals surface area contributed by atoms with Crippen molar-refractivity contribution < 1.29 is 19.4 Å². The number of aliphatic carboxylic acids is 1. The van der Waals surface area contributed by atoms with Gasteiger partial charge in [-0.15, -0.1) is 0 Å². The van der Waals surface area contributed by atoms with Crippen LogP contribution in [0.5, 0.6) is 0 Å². The van der Waals surface area contributed by atoms with Crippen LogP contribution in [0.1, 0.15) is 52.8 Å². The first-order chi connectivity index (χ1) is 22.8. The number of rotatable bonds is 12. The number of hydrogen-bond acceptors (Lipinski definition) is 4. The minimum Gasteiger partial charge on any atom is -0.480 e. The summed E-state index contributed by atoms with van der Waals surface area (Å²) >= 11 is 3.61. The Balaban J connectivity index is 1.59. The molecular weight excluding hydrogens is 652 g/mol. The first-order valence-corrected chi connectivity index (χ1v) is 16.6. The Morgan fingerprint density at radius 2 is 1.45 bits per heavy atom. The van der Waals surface area contributed by atoms with Crippen molar-refractivity contribution >= 4 is 33.5 Å². The lowest BCUT2D eigenvalue weighted by atomic mass is 9.72. The second kappa shape index (κ2) is 13.7. The van der Waals surface area contributed by atoms with Crippen molar-refractivity contribution in [1.82, 2.24) is 5.32 Å². The molecule has 0 bridgehead atoms. The summed E-state index contributed by atoms with van der Waals surface area (Å²) < 4.78 is 7.72. The van der Waals surface area contributed by atoms with Crippen molar-refractivity contribution in [2.45, 2.75) is 50.6 Å². The van der Waals surface area contributed by atoms with Gasteiger partial charge in [0.15, 0.2) is 5.54 Å². The van der Waals surface area contributed by atoms with Gasteiger partial charge in [0, 0.05) is 10.0 Å². The Hall–Kier alpha value is -4.56. The highest BCUT2D eigenvalue weighted by atomic mass is 79.9. The number of amides is 1. The SMILES string of the molecule is CCC(NC(c1ccccc1)c1ccccc1)(C(=O)O)C1(OCc2ccccc2C)C(=O)N(Cc2ccccc2)c2cc(Br)ccc21. The van der Waals surface area contributed by atoms with Crippen LogP contribution in [0.3, 0.4) is 0 Å². The van der Waals surface area contributed by atoms with Crippen LogP contribution in [0.25, 0.3) is 0 Å². The van der Waals surface area contributed by atoms with Gasteiger partial charge >= 0.3 is 5.97 Å². The van der Waals surface area contributed by atoms with Crippen molar-refractivity contribution in [1.29, 1.82) is 0 Å². The molecule has 0 saturated heterocycles. The second-order valence-corrected chi connectivity index (χ2v) is 12.8. The van der Waals surface area contributed by atoms with Gasteiger partial charge in [-0.05, 0) is 53.3 Å². The molecule has 0 fully saturated rings. The third-order valence-electron chi connectivity index (χ3n) is 9.22. The standard InChI is InChI=1S/C40H37BrN2O4/c1-3-39(38(45)46,42-36(30-18-9-5-10-19-30)31-20-11-6-12-21-31)40(47-27-32-22-14-13-15-28(32)2)34-24-23-33(41)25-35(34)43(37(40)44)26-29-16-7-4-8-17-29/h4-25,36,42H,3,26-27H2,1-2H3,(H,45,46). The van der Waals surface area contributed by atoms with E-state index in [4.69, 9.17) is 4.74 Å². The minimum atomic E-state index is -1.94. The van der Waals surface area contributed by atoms with E-state index in [0.29, 0.717) is 11.3 Å². The number of anilines is 1. The summed E-state index contributed by atoms with van der Waals surface area (Å²) in [5.74, 6) is -1.61. The van der Waals surface area contributed by atoms with Gasteiger partial charge in [-0.1, -0.05) is 144 Å². The number of halogens is 1. The number of carbonyl (C=O) groups excluding carboxylic acids is 1. The molecule has 5 aromatic carbocycles. The summed E-state index contributed by atoms with van der Waals surface area (Å²) in [7, 11) is 0. The zero-order chi connectivity index (χ0) is 33.0. The van der Waals surface area contributed by atoms with Crippen LogP contribution in [0.2, 0.25) is 0 Å². The maximum absolute atomic E-state index is 15.4. The number of nitrogens with one attached hydrogen (secondary N) is 1. The molecule has 0 radical (unpaired) electrons. The van der Waals surface area contributed by atoms with Gasteiger partial charge in [-0.25, -0.2) is 0 Å². The smallest absolute Gasteiger partial charge is 0.327 e. The van der Waals surface area contributed by atoms with Gasteiger partial charge in [-0.3, -0.25) is 14.9 Å². The summed E-state index contributed by atoms with van der Waals surface area (Å²) in [6.07, 6.45) is 0.0483. The van der Waals surface area contributed by atoms with E-state index in [9.17, 15) is 9.90 Å². The number of carboxylic acid groups (broad SMARTS) is 1. The average Bonchev–Trinajstić information content (AvgIpc) is 3.32. The van der Waals surface area contributed by atoms with E-state index < -0.39 is 29.1 Å². The van der Waals surface area contributed by atoms with Gasteiger partial charge in [0.05, 0.1) is 24.9 Å². The molecule has 1 aliphatic heterocycles. The monoisotopic (exact) mass is 688 g/mol. The van der Waals surface area contributed by atoms with Crippen molar-refractivity contribution in [3.63, 3.8) is 0 Å². The summed E-state index contributed by atoms with van der Waals surface area (Å²) in [4.78, 5) is 31.1. The molecule has 2 atom stereocenters. The van der Waals surface area contributed by atoms with E-state index in [0.717, 1.165) is 32.3 Å². The topological polar surface area (TPSA) is 78.9 Å². The fourth-order valence-corrected chi connectivity index (χ4v) is 7.06. The Morgan fingerprint density at radius 3 is 2.02 bits per heavy atom. The number of aryl methyl sites for hydroxylation is 1. The zero-order valence-electron chi connectivity index (χ0n) is 26.4. The molecule has 6 nitrogen and oxygen atoms in total. The highest BCUT2D eigenvalue weighted by Gasteiger charge is 2.68. The summed E-state index contributed by atoms with van der Waals surface area (Å²) in [5.41, 5.74) is 1.78. The number of carbonyl (C=O) groups is 2. The molecule has 47 heavy (non-hydrogen) atoms. The number of hydrogen-bond donors (Lipinski definition) is 2. The lowest BCUT2D eigenvalue weighted by Crippen LogP contribution is -2.70. The van der Waals surface area contributed by atoms with Gasteiger partial charge < -0.3 is 14.7 Å². The van der Waals surface area contributed by atoms with Gasteiger partial charge in [-0.2, -0.15) is 0 Å². The molecular formula is C40H37BrN2O4. The van der Waals surface area contributed by atoms with E-state index >= 15 is 4.79 Å².